The van der Waals surface area contributed by atoms with Crippen molar-refractivity contribution < 1.29 is 9.53 Å². The fourth-order valence-corrected chi connectivity index (χ4v) is 1.44. The number of halogens is 1. The molecule has 0 amide bonds. The number of aryl methyl sites for hydroxylation is 1. The van der Waals surface area contributed by atoms with Gasteiger partial charge in [-0.05, 0) is 49.7 Å². The highest BCUT2D eigenvalue weighted by Crippen LogP contribution is 2.21. The number of esters is 1. The smallest absolute Gasteiger partial charge is 0.339 e. The number of pyridine rings is 1. The van der Waals surface area contributed by atoms with Gasteiger partial charge in [0, 0.05) is 6.20 Å². The molecule has 1 aromatic heterocycles. The quantitative estimate of drug-likeness (QED) is 0.737. The Labute approximate surface area is 98.0 Å². The van der Waals surface area contributed by atoms with Gasteiger partial charge in [0.25, 0.3) is 0 Å². The van der Waals surface area contributed by atoms with Gasteiger partial charge >= 0.3 is 5.97 Å². The second-order valence-electron chi connectivity index (χ2n) is 4.26. The van der Waals surface area contributed by atoms with Crippen molar-refractivity contribution in [1.29, 1.82) is 0 Å². The van der Waals surface area contributed by atoms with E-state index in [0.717, 1.165) is 5.69 Å². The Morgan fingerprint density at radius 1 is 1.47 bits per heavy atom. The van der Waals surface area contributed by atoms with E-state index in [0.29, 0.717) is 10.0 Å². The number of hydrogen-bond acceptors (Lipinski definition) is 3. The molecule has 0 saturated heterocycles. The SMILES string of the molecule is Cc1nccc(C(=O)OC(C)(C)C)c1Br. The van der Waals surface area contributed by atoms with Crippen LogP contribution in [0.1, 0.15) is 36.8 Å². The molecule has 0 fully saturated rings. The zero-order chi connectivity index (χ0) is 11.6. The minimum absolute atomic E-state index is 0.333. The summed E-state index contributed by atoms with van der Waals surface area (Å²) >= 11 is 3.32. The molecule has 0 unspecified atom stereocenters. The number of carbonyl (C=O) groups is 1. The molecule has 0 spiro atoms. The Balaban J connectivity index is 2.97. The maximum atomic E-state index is 11.8. The van der Waals surface area contributed by atoms with Crippen LogP contribution in [0.4, 0.5) is 0 Å². The summed E-state index contributed by atoms with van der Waals surface area (Å²) in [5.41, 5.74) is 0.809. The fourth-order valence-electron chi connectivity index (χ4n) is 1.04. The maximum absolute atomic E-state index is 11.8. The molecule has 15 heavy (non-hydrogen) atoms. The predicted molar refractivity (Wildman–Crippen MR) is 61.8 cm³/mol. The molecule has 3 nitrogen and oxygen atoms in total. The van der Waals surface area contributed by atoms with Crippen LogP contribution in [-0.2, 0) is 4.74 Å². The second-order valence-corrected chi connectivity index (χ2v) is 5.05. The first kappa shape index (κ1) is 12.2. The molecule has 0 bridgehead atoms. The van der Waals surface area contributed by atoms with Crippen molar-refractivity contribution >= 4 is 21.9 Å². The van der Waals surface area contributed by atoms with Gasteiger partial charge in [0.2, 0.25) is 0 Å². The number of ether oxygens (including phenoxy) is 1. The topological polar surface area (TPSA) is 39.2 Å². The van der Waals surface area contributed by atoms with E-state index in [4.69, 9.17) is 4.74 Å². The third kappa shape index (κ3) is 3.30. The van der Waals surface area contributed by atoms with Crippen molar-refractivity contribution in [2.45, 2.75) is 33.3 Å². The lowest BCUT2D eigenvalue weighted by Gasteiger charge is -2.20. The number of hydrogen-bond donors (Lipinski definition) is 0. The van der Waals surface area contributed by atoms with E-state index in [-0.39, 0.29) is 5.97 Å². The van der Waals surface area contributed by atoms with Gasteiger partial charge in [-0.2, -0.15) is 0 Å². The molecule has 82 valence electrons. The Kier molecular flexibility index (Phi) is 3.50. The predicted octanol–water partition coefficient (Wildman–Crippen LogP) is 3.11. The number of rotatable bonds is 1. The normalized spacial score (nSPS) is 11.3. The summed E-state index contributed by atoms with van der Waals surface area (Å²) in [6.45, 7) is 7.35. The third-order valence-electron chi connectivity index (χ3n) is 1.68. The Morgan fingerprint density at radius 3 is 2.60 bits per heavy atom. The molecule has 0 aliphatic heterocycles. The van der Waals surface area contributed by atoms with Crippen molar-refractivity contribution in [2.24, 2.45) is 0 Å². The third-order valence-corrected chi connectivity index (χ3v) is 2.68. The summed E-state index contributed by atoms with van der Waals surface area (Å²) in [6.07, 6.45) is 1.60. The van der Waals surface area contributed by atoms with Crippen molar-refractivity contribution in [1.82, 2.24) is 4.98 Å². The van der Waals surface area contributed by atoms with E-state index in [1.165, 1.54) is 0 Å². The lowest BCUT2D eigenvalue weighted by Crippen LogP contribution is -2.24. The van der Waals surface area contributed by atoms with Crippen LogP contribution in [0.15, 0.2) is 16.7 Å². The molecule has 0 aliphatic rings. The van der Waals surface area contributed by atoms with Crippen LogP contribution < -0.4 is 0 Å². The van der Waals surface area contributed by atoms with Gasteiger partial charge in [-0.25, -0.2) is 4.79 Å². The number of aromatic nitrogens is 1. The zero-order valence-electron chi connectivity index (χ0n) is 9.30. The van der Waals surface area contributed by atoms with E-state index >= 15 is 0 Å². The van der Waals surface area contributed by atoms with Gasteiger partial charge < -0.3 is 4.74 Å². The summed E-state index contributed by atoms with van der Waals surface area (Å²) in [6, 6.07) is 1.64. The van der Waals surface area contributed by atoms with Gasteiger partial charge in [-0.15, -0.1) is 0 Å². The van der Waals surface area contributed by atoms with Gasteiger partial charge in [0.05, 0.1) is 15.7 Å². The molecule has 0 saturated carbocycles. The molecular formula is C11H14BrNO2. The molecule has 4 heteroatoms. The van der Waals surface area contributed by atoms with Crippen molar-refractivity contribution in [2.75, 3.05) is 0 Å². The summed E-state index contributed by atoms with van der Waals surface area (Å²) in [5.74, 6) is -0.333. The summed E-state index contributed by atoms with van der Waals surface area (Å²) in [5, 5.41) is 0. The largest absolute Gasteiger partial charge is 0.456 e. The van der Waals surface area contributed by atoms with Crippen molar-refractivity contribution in [3.63, 3.8) is 0 Å². The van der Waals surface area contributed by atoms with Gasteiger partial charge in [-0.3, -0.25) is 4.98 Å². The van der Waals surface area contributed by atoms with Crippen LogP contribution in [0.5, 0.6) is 0 Å². The Morgan fingerprint density at radius 2 is 2.07 bits per heavy atom. The molecule has 0 aliphatic carbocycles. The lowest BCUT2D eigenvalue weighted by molar-refractivity contribution is 0.00682. The minimum atomic E-state index is -0.478. The average Bonchev–Trinajstić information content (AvgIpc) is 2.06. The summed E-state index contributed by atoms with van der Waals surface area (Å²) < 4.78 is 5.96. The van der Waals surface area contributed by atoms with Gasteiger partial charge in [0.15, 0.2) is 0 Å². The Hall–Kier alpha value is -0.900. The molecule has 0 N–H and O–H groups in total. The van der Waals surface area contributed by atoms with Crippen LogP contribution >= 0.6 is 15.9 Å². The summed E-state index contributed by atoms with van der Waals surface area (Å²) in [4.78, 5) is 15.8. The van der Waals surface area contributed by atoms with Crippen molar-refractivity contribution in [3.8, 4) is 0 Å². The number of carbonyl (C=O) groups excluding carboxylic acids is 1. The highest BCUT2D eigenvalue weighted by atomic mass is 79.9. The zero-order valence-corrected chi connectivity index (χ0v) is 10.9. The van der Waals surface area contributed by atoms with Crippen LogP contribution in [0, 0.1) is 6.92 Å². The maximum Gasteiger partial charge on any atom is 0.339 e. The van der Waals surface area contributed by atoms with Crippen LogP contribution in [0.2, 0.25) is 0 Å². The van der Waals surface area contributed by atoms with Crippen LogP contribution in [0.3, 0.4) is 0 Å². The molecular weight excluding hydrogens is 258 g/mol. The number of nitrogens with zero attached hydrogens (tertiary/aromatic N) is 1. The molecule has 0 aromatic carbocycles. The molecule has 0 atom stereocenters. The average molecular weight is 272 g/mol. The molecule has 1 heterocycles. The van der Waals surface area contributed by atoms with E-state index in [1.54, 1.807) is 12.3 Å². The first-order chi connectivity index (χ1) is 6.81. The standard InChI is InChI=1S/C11H14BrNO2/c1-7-9(12)8(5-6-13-7)10(14)15-11(2,3)4/h5-6H,1-4H3. The van der Waals surface area contributed by atoms with E-state index in [2.05, 4.69) is 20.9 Å². The summed E-state index contributed by atoms with van der Waals surface area (Å²) in [7, 11) is 0. The highest BCUT2D eigenvalue weighted by Gasteiger charge is 2.20. The van der Waals surface area contributed by atoms with Gasteiger partial charge in [0.1, 0.15) is 5.60 Å². The van der Waals surface area contributed by atoms with Crippen LogP contribution in [0.25, 0.3) is 0 Å². The minimum Gasteiger partial charge on any atom is -0.456 e. The molecule has 1 aromatic rings. The fraction of sp³-hybridized carbons (Fsp3) is 0.455. The molecule has 1 rings (SSSR count). The lowest BCUT2D eigenvalue weighted by atomic mass is 10.2. The van der Waals surface area contributed by atoms with E-state index in [1.807, 2.05) is 27.7 Å². The van der Waals surface area contributed by atoms with E-state index in [9.17, 15) is 4.79 Å². The van der Waals surface area contributed by atoms with Crippen LogP contribution in [-0.4, -0.2) is 16.6 Å². The van der Waals surface area contributed by atoms with Gasteiger partial charge in [-0.1, -0.05) is 0 Å². The van der Waals surface area contributed by atoms with E-state index < -0.39 is 5.60 Å². The molecule has 0 radical (unpaired) electrons. The first-order valence-electron chi connectivity index (χ1n) is 4.66. The Bertz CT molecular complexity index is 383. The second kappa shape index (κ2) is 4.31. The van der Waals surface area contributed by atoms with Crippen molar-refractivity contribution in [3.05, 3.63) is 28.0 Å². The first-order valence-corrected chi connectivity index (χ1v) is 5.45. The monoisotopic (exact) mass is 271 g/mol. The highest BCUT2D eigenvalue weighted by molar-refractivity contribution is 9.10.